The summed E-state index contributed by atoms with van der Waals surface area (Å²) in [4.78, 5) is 19.2. The second kappa shape index (κ2) is 6.80. The van der Waals surface area contributed by atoms with Crippen LogP contribution in [0.5, 0.6) is 0 Å². The van der Waals surface area contributed by atoms with Crippen LogP contribution in [0.2, 0.25) is 0 Å². The van der Waals surface area contributed by atoms with E-state index in [-0.39, 0.29) is 11.8 Å². The van der Waals surface area contributed by atoms with Crippen molar-refractivity contribution in [3.05, 3.63) is 35.2 Å². The molecule has 2 fully saturated rings. The van der Waals surface area contributed by atoms with Crippen LogP contribution in [0.3, 0.4) is 0 Å². The van der Waals surface area contributed by atoms with Gasteiger partial charge in [-0.1, -0.05) is 0 Å². The number of thiazole rings is 1. The lowest BCUT2D eigenvalue weighted by atomic mass is 9.96. The number of hydrogen-bond donors (Lipinski definition) is 1. The third-order valence-electron chi connectivity index (χ3n) is 4.91. The Bertz CT molecular complexity index is 782. The second-order valence-corrected chi connectivity index (χ2v) is 7.56. The minimum absolute atomic E-state index is 0.00151. The Kier molecular flexibility index (Phi) is 4.52. The number of aromatic nitrogens is 1. The number of halogens is 2. The van der Waals surface area contributed by atoms with Crippen LogP contribution < -0.4 is 5.32 Å². The lowest BCUT2D eigenvalue weighted by molar-refractivity contribution is -0.121. The highest BCUT2D eigenvalue weighted by Crippen LogP contribution is 2.32. The van der Waals surface area contributed by atoms with Crippen molar-refractivity contribution in [1.82, 2.24) is 9.88 Å². The fourth-order valence-electron chi connectivity index (χ4n) is 3.29. The lowest BCUT2D eigenvalue weighted by Crippen LogP contribution is -2.39. The SMILES string of the molecule is O=C(Nc1nc(-c2ccc(F)c(F)c2)cs1)C1CCN(C2CC2)CC1. The monoisotopic (exact) mass is 363 g/mol. The Balaban J connectivity index is 1.37. The number of rotatable bonds is 4. The van der Waals surface area contributed by atoms with Crippen LogP contribution in [0.1, 0.15) is 25.7 Å². The molecule has 4 nitrogen and oxygen atoms in total. The summed E-state index contributed by atoms with van der Waals surface area (Å²) in [6.45, 7) is 1.97. The maximum Gasteiger partial charge on any atom is 0.229 e. The van der Waals surface area contributed by atoms with Crippen LogP contribution >= 0.6 is 11.3 Å². The molecule has 1 aliphatic heterocycles. The third kappa shape index (κ3) is 3.72. The first kappa shape index (κ1) is 16.6. The van der Waals surface area contributed by atoms with Crippen molar-refractivity contribution in [1.29, 1.82) is 0 Å². The van der Waals surface area contributed by atoms with E-state index in [1.807, 2.05) is 0 Å². The number of nitrogens with zero attached hydrogens (tertiary/aromatic N) is 2. The number of carbonyl (C=O) groups excluding carboxylic acids is 1. The molecule has 4 rings (SSSR count). The molecule has 25 heavy (non-hydrogen) atoms. The molecule has 2 aromatic rings. The van der Waals surface area contributed by atoms with E-state index < -0.39 is 11.6 Å². The highest BCUT2D eigenvalue weighted by molar-refractivity contribution is 7.14. The van der Waals surface area contributed by atoms with E-state index in [9.17, 15) is 13.6 Å². The van der Waals surface area contributed by atoms with Crippen LogP contribution in [0, 0.1) is 17.6 Å². The number of benzene rings is 1. The Morgan fingerprint density at radius 2 is 1.92 bits per heavy atom. The van der Waals surface area contributed by atoms with Gasteiger partial charge in [0.25, 0.3) is 0 Å². The Morgan fingerprint density at radius 3 is 2.60 bits per heavy atom. The average molecular weight is 363 g/mol. The first-order valence-corrected chi connectivity index (χ1v) is 9.44. The van der Waals surface area contributed by atoms with E-state index in [2.05, 4.69) is 15.2 Å². The van der Waals surface area contributed by atoms with Crippen LogP contribution in [0.15, 0.2) is 23.6 Å². The molecule has 7 heteroatoms. The molecule has 1 amide bonds. The third-order valence-corrected chi connectivity index (χ3v) is 5.67. The van der Waals surface area contributed by atoms with Crippen molar-refractivity contribution >= 4 is 22.4 Å². The fourth-order valence-corrected chi connectivity index (χ4v) is 4.02. The Labute approximate surface area is 148 Å². The van der Waals surface area contributed by atoms with E-state index >= 15 is 0 Å². The Hall–Kier alpha value is -1.86. The summed E-state index contributed by atoms with van der Waals surface area (Å²) >= 11 is 1.29. The molecular formula is C18H19F2N3OS. The van der Waals surface area contributed by atoms with Gasteiger partial charge in [0.05, 0.1) is 5.69 Å². The molecule has 1 saturated heterocycles. The molecule has 0 atom stereocenters. The van der Waals surface area contributed by atoms with Gasteiger partial charge in [-0.15, -0.1) is 11.3 Å². The summed E-state index contributed by atoms with van der Waals surface area (Å²) in [6, 6.07) is 4.42. The summed E-state index contributed by atoms with van der Waals surface area (Å²) in [6.07, 6.45) is 4.35. The molecule has 1 aliphatic carbocycles. The zero-order valence-electron chi connectivity index (χ0n) is 13.7. The van der Waals surface area contributed by atoms with Gasteiger partial charge in [0.1, 0.15) is 0 Å². The highest BCUT2D eigenvalue weighted by Gasteiger charge is 2.33. The zero-order valence-corrected chi connectivity index (χ0v) is 14.5. The van der Waals surface area contributed by atoms with Crippen LogP contribution in [-0.4, -0.2) is 34.9 Å². The van der Waals surface area contributed by atoms with Gasteiger partial charge in [0, 0.05) is 22.9 Å². The number of nitrogens with one attached hydrogen (secondary N) is 1. The predicted octanol–water partition coefficient (Wildman–Crippen LogP) is 3.90. The lowest BCUT2D eigenvalue weighted by Gasteiger charge is -2.31. The molecule has 132 valence electrons. The van der Waals surface area contributed by atoms with Crippen LogP contribution in [0.25, 0.3) is 11.3 Å². The van der Waals surface area contributed by atoms with Gasteiger partial charge in [0.15, 0.2) is 16.8 Å². The predicted molar refractivity (Wildman–Crippen MR) is 93.4 cm³/mol. The minimum atomic E-state index is -0.904. The zero-order chi connectivity index (χ0) is 17.4. The van der Waals surface area contributed by atoms with E-state index in [1.54, 1.807) is 5.38 Å². The van der Waals surface area contributed by atoms with E-state index in [0.29, 0.717) is 16.4 Å². The van der Waals surface area contributed by atoms with Gasteiger partial charge in [-0.3, -0.25) is 4.79 Å². The fraction of sp³-hybridized carbons (Fsp3) is 0.444. The number of carbonyl (C=O) groups is 1. The summed E-state index contributed by atoms with van der Waals surface area (Å²) in [5.41, 5.74) is 1.02. The molecule has 2 heterocycles. The molecule has 2 aliphatic rings. The van der Waals surface area contributed by atoms with E-state index in [0.717, 1.165) is 44.1 Å². The Morgan fingerprint density at radius 1 is 1.16 bits per heavy atom. The summed E-state index contributed by atoms with van der Waals surface area (Å²) in [7, 11) is 0. The largest absolute Gasteiger partial charge is 0.302 e. The maximum atomic E-state index is 13.3. The average Bonchev–Trinajstić information content (AvgIpc) is 3.37. The normalized spacial score (nSPS) is 19.1. The van der Waals surface area contributed by atoms with Gasteiger partial charge in [-0.05, 0) is 57.0 Å². The second-order valence-electron chi connectivity index (χ2n) is 6.70. The van der Waals surface area contributed by atoms with Crippen LogP contribution in [0.4, 0.5) is 13.9 Å². The topological polar surface area (TPSA) is 45.2 Å². The minimum Gasteiger partial charge on any atom is -0.302 e. The first-order valence-electron chi connectivity index (χ1n) is 8.56. The van der Waals surface area contributed by atoms with E-state index in [4.69, 9.17) is 0 Å². The number of hydrogen-bond acceptors (Lipinski definition) is 4. The van der Waals surface area contributed by atoms with Gasteiger partial charge in [-0.25, -0.2) is 13.8 Å². The standard InChI is InChI=1S/C18H19F2N3OS/c19-14-4-1-12(9-15(14)20)16-10-25-18(21-16)22-17(24)11-5-7-23(8-6-11)13-2-3-13/h1,4,9-11,13H,2-3,5-8H2,(H,21,22,24). The number of likely N-dealkylation sites (tertiary alicyclic amines) is 1. The van der Waals surface area contributed by atoms with E-state index in [1.165, 1.54) is 30.2 Å². The van der Waals surface area contributed by atoms with Crippen molar-refractivity contribution < 1.29 is 13.6 Å². The number of anilines is 1. The molecular weight excluding hydrogens is 344 g/mol. The van der Waals surface area contributed by atoms with Crippen molar-refractivity contribution in [3.63, 3.8) is 0 Å². The molecule has 1 saturated carbocycles. The highest BCUT2D eigenvalue weighted by atomic mass is 32.1. The summed E-state index contributed by atoms with van der Waals surface area (Å²) < 4.78 is 26.4. The smallest absolute Gasteiger partial charge is 0.229 e. The van der Waals surface area contributed by atoms with Crippen molar-refractivity contribution in [2.24, 2.45) is 5.92 Å². The van der Waals surface area contributed by atoms with Crippen molar-refractivity contribution in [2.75, 3.05) is 18.4 Å². The van der Waals surface area contributed by atoms with Gasteiger partial charge < -0.3 is 10.2 Å². The molecule has 0 unspecified atom stereocenters. The number of amides is 1. The molecule has 0 bridgehead atoms. The molecule has 0 radical (unpaired) electrons. The molecule has 1 N–H and O–H groups in total. The maximum absolute atomic E-state index is 13.3. The van der Waals surface area contributed by atoms with Crippen molar-refractivity contribution in [3.8, 4) is 11.3 Å². The summed E-state index contributed by atoms with van der Waals surface area (Å²) in [5, 5.41) is 5.10. The van der Waals surface area contributed by atoms with Crippen LogP contribution in [-0.2, 0) is 4.79 Å². The van der Waals surface area contributed by atoms with Gasteiger partial charge >= 0.3 is 0 Å². The summed E-state index contributed by atoms with van der Waals surface area (Å²) in [5.74, 6) is -1.77. The molecule has 1 aromatic carbocycles. The first-order chi connectivity index (χ1) is 12.1. The van der Waals surface area contributed by atoms with Crippen molar-refractivity contribution in [2.45, 2.75) is 31.7 Å². The van der Waals surface area contributed by atoms with Gasteiger partial charge in [0.2, 0.25) is 5.91 Å². The van der Waals surface area contributed by atoms with Gasteiger partial charge in [-0.2, -0.15) is 0 Å². The quantitative estimate of drug-likeness (QED) is 0.896. The molecule has 1 aromatic heterocycles. The number of piperidine rings is 1. The molecule has 0 spiro atoms.